The highest BCUT2D eigenvalue weighted by molar-refractivity contribution is 4.95. The van der Waals surface area contributed by atoms with Crippen molar-refractivity contribution in [3.05, 3.63) is 0 Å². The molecule has 0 aromatic carbocycles. The molecular formula is C7H12F3NO. The Morgan fingerprint density at radius 1 is 1.50 bits per heavy atom. The van der Waals surface area contributed by atoms with Crippen LogP contribution in [-0.2, 0) is 0 Å². The van der Waals surface area contributed by atoms with Crippen molar-refractivity contribution in [1.29, 1.82) is 0 Å². The minimum absolute atomic E-state index is 0.218. The maximum Gasteiger partial charge on any atom is 0.417 e. The number of hydrogen-bond donors (Lipinski definition) is 2. The molecule has 2 nitrogen and oxygen atoms in total. The van der Waals surface area contributed by atoms with Gasteiger partial charge in [-0.3, -0.25) is 0 Å². The van der Waals surface area contributed by atoms with E-state index in [0.29, 0.717) is 0 Å². The van der Waals surface area contributed by atoms with E-state index in [1.807, 2.05) is 0 Å². The molecule has 0 amide bonds. The van der Waals surface area contributed by atoms with E-state index in [4.69, 9.17) is 0 Å². The van der Waals surface area contributed by atoms with Gasteiger partial charge in [0.05, 0.1) is 0 Å². The number of rotatable bonds is 0. The van der Waals surface area contributed by atoms with E-state index in [0.717, 1.165) is 0 Å². The van der Waals surface area contributed by atoms with Gasteiger partial charge in [0.15, 0.2) is 5.60 Å². The van der Waals surface area contributed by atoms with Gasteiger partial charge in [-0.1, -0.05) is 6.92 Å². The van der Waals surface area contributed by atoms with Crippen LogP contribution >= 0.6 is 0 Å². The molecule has 72 valence electrons. The first-order valence-electron chi connectivity index (χ1n) is 3.88. The van der Waals surface area contributed by atoms with Crippen LogP contribution in [0.5, 0.6) is 0 Å². The Bertz CT molecular complexity index is 171. The summed E-state index contributed by atoms with van der Waals surface area (Å²) in [7, 11) is 0. The number of alkyl halides is 3. The molecule has 0 aromatic heterocycles. The van der Waals surface area contributed by atoms with Crippen molar-refractivity contribution in [1.82, 2.24) is 5.32 Å². The molecule has 5 heteroatoms. The zero-order valence-electron chi connectivity index (χ0n) is 6.78. The van der Waals surface area contributed by atoms with Crippen molar-refractivity contribution in [2.75, 3.05) is 13.1 Å². The highest BCUT2D eigenvalue weighted by atomic mass is 19.4. The Kier molecular flexibility index (Phi) is 2.35. The first-order chi connectivity index (χ1) is 5.38. The third-order valence-corrected chi connectivity index (χ3v) is 2.44. The Morgan fingerprint density at radius 3 is 2.42 bits per heavy atom. The molecule has 1 rings (SSSR count). The molecule has 1 saturated heterocycles. The fourth-order valence-electron chi connectivity index (χ4n) is 1.43. The normalized spacial score (nSPS) is 38.2. The first-order valence-corrected chi connectivity index (χ1v) is 3.88. The van der Waals surface area contributed by atoms with Gasteiger partial charge >= 0.3 is 6.18 Å². The number of aliphatic hydroxyl groups is 1. The fraction of sp³-hybridized carbons (Fsp3) is 1.00. The van der Waals surface area contributed by atoms with E-state index in [-0.39, 0.29) is 19.5 Å². The highest BCUT2D eigenvalue weighted by Gasteiger charge is 2.57. The van der Waals surface area contributed by atoms with Crippen LogP contribution in [0.3, 0.4) is 0 Å². The molecule has 0 unspecified atom stereocenters. The summed E-state index contributed by atoms with van der Waals surface area (Å²) in [6.07, 6.45) is -4.76. The lowest BCUT2D eigenvalue weighted by Crippen LogP contribution is -2.57. The largest absolute Gasteiger partial charge is 0.417 e. The minimum atomic E-state index is -4.51. The third-order valence-electron chi connectivity index (χ3n) is 2.44. The summed E-state index contributed by atoms with van der Waals surface area (Å²) in [6, 6.07) is 0. The van der Waals surface area contributed by atoms with Crippen molar-refractivity contribution in [2.24, 2.45) is 5.92 Å². The Morgan fingerprint density at radius 2 is 2.08 bits per heavy atom. The van der Waals surface area contributed by atoms with Gasteiger partial charge < -0.3 is 10.4 Å². The summed E-state index contributed by atoms with van der Waals surface area (Å²) in [5.74, 6) is -0.772. The van der Waals surface area contributed by atoms with Gasteiger partial charge in [-0.05, 0) is 13.0 Å². The molecule has 1 fully saturated rings. The van der Waals surface area contributed by atoms with Crippen molar-refractivity contribution >= 4 is 0 Å². The number of nitrogens with one attached hydrogen (secondary N) is 1. The van der Waals surface area contributed by atoms with Gasteiger partial charge in [0.2, 0.25) is 0 Å². The van der Waals surface area contributed by atoms with Gasteiger partial charge in [-0.25, -0.2) is 0 Å². The van der Waals surface area contributed by atoms with Crippen LogP contribution in [-0.4, -0.2) is 30.0 Å². The van der Waals surface area contributed by atoms with E-state index in [9.17, 15) is 18.3 Å². The monoisotopic (exact) mass is 183 g/mol. The van der Waals surface area contributed by atoms with Crippen LogP contribution in [0.25, 0.3) is 0 Å². The van der Waals surface area contributed by atoms with Gasteiger partial charge in [0, 0.05) is 12.5 Å². The molecule has 0 aliphatic carbocycles. The maximum absolute atomic E-state index is 12.3. The predicted octanol–water partition coefficient (Wildman–Crippen LogP) is 0.909. The molecule has 1 aliphatic heterocycles. The summed E-state index contributed by atoms with van der Waals surface area (Å²) in [6.45, 7) is 1.84. The van der Waals surface area contributed by atoms with Crippen molar-refractivity contribution in [3.8, 4) is 0 Å². The Labute approximate surface area is 68.8 Å². The van der Waals surface area contributed by atoms with Crippen molar-refractivity contribution < 1.29 is 18.3 Å². The zero-order valence-corrected chi connectivity index (χ0v) is 6.78. The number of hydrogen-bond acceptors (Lipinski definition) is 2. The quantitative estimate of drug-likeness (QED) is 0.585. The van der Waals surface area contributed by atoms with Gasteiger partial charge in [-0.15, -0.1) is 0 Å². The van der Waals surface area contributed by atoms with Crippen molar-refractivity contribution in [2.45, 2.75) is 25.1 Å². The van der Waals surface area contributed by atoms with Crippen molar-refractivity contribution in [3.63, 3.8) is 0 Å². The molecular weight excluding hydrogens is 171 g/mol. The van der Waals surface area contributed by atoms with Crippen LogP contribution in [0, 0.1) is 5.92 Å². The summed E-state index contributed by atoms with van der Waals surface area (Å²) >= 11 is 0. The molecule has 0 bridgehead atoms. The van der Waals surface area contributed by atoms with Crippen LogP contribution < -0.4 is 5.32 Å². The molecule has 1 aliphatic rings. The second-order valence-electron chi connectivity index (χ2n) is 3.28. The lowest BCUT2D eigenvalue weighted by Gasteiger charge is -2.39. The van der Waals surface area contributed by atoms with Crippen LogP contribution in [0.2, 0.25) is 0 Å². The lowest BCUT2D eigenvalue weighted by atomic mass is 9.82. The first kappa shape index (κ1) is 9.80. The standard InChI is InChI=1S/C7H12F3NO/c1-5-4-11-3-2-6(5,12)7(8,9)10/h5,11-12H,2-4H2,1H3/t5-,6+/m1/s1. The van der Waals surface area contributed by atoms with E-state index in [2.05, 4.69) is 5.32 Å². The smallest absolute Gasteiger partial charge is 0.380 e. The zero-order chi connectivity index (χ0) is 9.41. The molecule has 0 radical (unpaired) electrons. The molecule has 1 heterocycles. The van der Waals surface area contributed by atoms with E-state index in [1.54, 1.807) is 0 Å². The summed E-state index contributed by atoms with van der Waals surface area (Å²) in [5, 5.41) is 12.1. The van der Waals surface area contributed by atoms with Gasteiger partial charge in [0.1, 0.15) is 0 Å². The minimum Gasteiger partial charge on any atom is -0.380 e. The van der Waals surface area contributed by atoms with Crippen LogP contribution in [0.4, 0.5) is 13.2 Å². The van der Waals surface area contributed by atoms with E-state index in [1.165, 1.54) is 6.92 Å². The lowest BCUT2D eigenvalue weighted by molar-refractivity contribution is -0.283. The summed E-state index contributed by atoms with van der Waals surface area (Å²) < 4.78 is 36.9. The number of halogens is 3. The molecule has 0 spiro atoms. The van der Waals surface area contributed by atoms with E-state index >= 15 is 0 Å². The molecule has 2 atom stereocenters. The second kappa shape index (κ2) is 2.88. The molecule has 2 N–H and O–H groups in total. The Balaban J connectivity index is 2.79. The average Bonchev–Trinajstić information content (AvgIpc) is 1.93. The fourth-order valence-corrected chi connectivity index (χ4v) is 1.43. The van der Waals surface area contributed by atoms with Crippen LogP contribution in [0.15, 0.2) is 0 Å². The molecule has 0 saturated carbocycles. The van der Waals surface area contributed by atoms with Gasteiger partial charge in [-0.2, -0.15) is 13.2 Å². The van der Waals surface area contributed by atoms with Gasteiger partial charge in [0.25, 0.3) is 0 Å². The second-order valence-corrected chi connectivity index (χ2v) is 3.28. The number of piperidine rings is 1. The molecule has 12 heavy (non-hydrogen) atoms. The van der Waals surface area contributed by atoms with Crippen LogP contribution in [0.1, 0.15) is 13.3 Å². The highest BCUT2D eigenvalue weighted by Crippen LogP contribution is 2.39. The molecule has 0 aromatic rings. The van der Waals surface area contributed by atoms with E-state index < -0.39 is 17.7 Å². The third kappa shape index (κ3) is 1.43. The average molecular weight is 183 g/mol. The maximum atomic E-state index is 12.3. The predicted molar refractivity (Wildman–Crippen MR) is 37.7 cm³/mol. The SMILES string of the molecule is C[C@@H]1CNCC[C@@]1(O)C(F)(F)F. The summed E-state index contributed by atoms with van der Waals surface area (Å²) in [4.78, 5) is 0. The Hall–Kier alpha value is -0.290. The summed E-state index contributed by atoms with van der Waals surface area (Å²) in [5.41, 5.74) is -2.49. The topological polar surface area (TPSA) is 32.3 Å².